The second kappa shape index (κ2) is 16.9. The number of hydroxylamine groups is 2. The quantitative estimate of drug-likeness (QED) is 0.254. The maximum atomic E-state index is 12.3. The summed E-state index contributed by atoms with van der Waals surface area (Å²) in [7, 11) is 0. The highest BCUT2D eigenvalue weighted by molar-refractivity contribution is 5.80. The third kappa shape index (κ3) is 12.3. The standard InChI is InChI=1S/C18H26N2O5.C13H18N2O3/c1-18(2,3)25-17(23)20-11-14(9-10-15(20)16(21)22)19-24-12-13-7-5-4-6-8-13;16-13(17)12-7-6-11(8-14-12)15-18-9-10-4-2-1-3-5-10/h4-8,14-15,19H,9-12H2,1-3H3,(H,21,22);1-5,11-12,14-15H,6-9H2,(H,16,17)/t14-,15+;11-,12+/m11/s1. The minimum atomic E-state index is -1.02. The number of hydrogen-bond acceptors (Lipinski definition) is 9. The van der Waals surface area contributed by atoms with E-state index in [0.717, 1.165) is 17.5 Å². The first-order valence-corrected chi connectivity index (χ1v) is 14.5. The van der Waals surface area contributed by atoms with Crippen LogP contribution in [0.15, 0.2) is 60.7 Å². The van der Waals surface area contributed by atoms with Crippen molar-refractivity contribution in [3.05, 3.63) is 71.8 Å². The number of hydrogen-bond donors (Lipinski definition) is 5. The van der Waals surface area contributed by atoms with Gasteiger partial charge < -0.3 is 20.3 Å². The molecule has 2 fully saturated rings. The zero-order valence-corrected chi connectivity index (χ0v) is 25.0. The number of carboxylic acid groups (broad SMARTS) is 2. The third-order valence-corrected chi connectivity index (χ3v) is 6.87. The molecule has 236 valence electrons. The van der Waals surface area contributed by atoms with Gasteiger partial charge in [0.15, 0.2) is 0 Å². The van der Waals surface area contributed by atoms with Crippen LogP contribution in [0.4, 0.5) is 4.79 Å². The van der Waals surface area contributed by atoms with Crippen molar-refractivity contribution in [3.8, 4) is 0 Å². The van der Waals surface area contributed by atoms with Crippen LogP contribution in [-0.4, -0.2) is 76.0 Å². The zero-order chi connectivity index (χ0) is 31.2. The minimum absolute atomic E-state index is 0.146. The fourth-order valence-corrected chi connectivity index (χ4v) is 4.65. The lowest BCUT2D eigenvalue weighted by atomic mass is 9.99. The summed E-state index contributed by atoms with van der Waals surface area (Å²) >= 11 is 0. The summed E-state index contributed by atoms with van der Waals surface area (Å²) in [5.74, 6) is -1.80. The number of benzene rings is 2. The van der Waals surface area contributed by atoms with Crippen LogP contribution in [0.25, 0.3) is 0 Å². The number of carbonyl (C=O) groups is 3. The number of carbonyl (C=O) groups excluding carboxylic acids is 1. The van der Waals surface area contributed by atoms with E-state index in [9.17, 15) is 19.5 Å². The Morgan fingerprint density at radius 3 is 1.81 bits per heavy atom. The molecule has 4 rings (SSSR count). The van der Waals surface area contributed by atoms with Gasteiger partial charge in [0.1, 0.15) is 17.7 Å². The summed E-state index contributed by atoms with van der Waals surface area (Å²) in [6, 6.07) is 18.3. The van der Waals surface area contributed by atoms with Crippen LogP contribution in [0, 0.1) is 0 Å². The second-order valence-electron chi connectivity index (χ2n) is 11.6. The number of rotatable bonds is 10. The van der Waals surface area contributed by atoms with E-state index in [0.29, 0.717) is 39.0 Å². The van der Waals surface area contributed by atoms with Gasteiger partial charge in [0.25, 0.3) is 0 Å². The highest BCUT2D eigenvalue weighted by Crippen LogP contribution is 2.21. The Labute approximate surface area is 252 Å². The summed E-state index contributed by atoms with van der Waals surface area (Å²) in [6.07, 6.45) is 1.77. The summed E-state index contributed by atoms with van der Waals surface area (Å²) in [6.45, 7) is 7.01. The van der Waals surface area contributed by atoms with E-state index in [1.165, 1.54) is 4.90 Å². The molecular weight excluding hydrogens is 556 g/mol. The molecule has 0 radical (unpaired) electrons. The average molecular weight is 601 g/mol. The predicted octanol–water partition coefficient (Wildman–Crippen LogP) is 3.47. The molecule has 2 aromatic carbocycles. The Balaban J connectivity index is 0.000000248. The van der Waals surface area contributed by atoms with Gasteiger partial charge in [0, 0.05) is 19.1 Å². The SMILES string of the molecule is CC(C)(C)OC(=O)N1C[C@H](NOCc2ccccc2)CC[C@H]1C(=O)O.O=C(O)[C@@H]1CC[C@@H](NOCc2ccccc2)CN1. The zero-order valence-electron chi connectivity index (χ0n) is 25.0. The van der Waals surface area contributed by atoms with E-state index in [2.05, 4.69) is 16.3 Å². The summed E-state index contributed by atoms with van der Waals surface area (Å²) in [5.41, 5.74) is 7.37. The molecule has 12 heteroatoms. The van der Waals surface area contributed by atoms with Crippen molar-refractivity contribution >= 4 is 18.0 Å². The highest BCUT2D eigenvalue weighted by Gasteiger charge is 2.38. The van der Waals surface area contributed by atoms with Gasteiger partial charge in [-0.2, -0.15) is 11.0 Å². The van der Waals surface area contributed by atoms with Crippen LogP contribution in [-0.2, 0) is 37.2 Å². The normalized spacial score (nSPS) is 22.2. The van der Waals surface area contributed by atoms with Gasteiger partial charge in [0.05, 0.1) is 19.3 Å². The van der Waals surface area contributed by atoms with E-state index in [1.807, 2.05) is 60.7 Å². The van der Waals surface area contributed by atoms with Crippen molar-refractivity contribution in [2.45, 2.75) is 89.4 Å². The Morgan fingerprint density at radius 1 is 0.814 bits per heavy atom. The van der Waals surface area contributed by atoms with Gasteiger partial charge in [0.2, 0.25) is 0 Å². The van der Waals surface area contributed by atoms with Crippen LogP contribution >= 0.6 is 0 Å². The van der Waals surface area contributed by atoms with Crippen molar-refractivity contribution in [1.29, 1.82) is 0 Å². The number of ether oxygens (including phenoxy) is 1. The van der Waals surface area contributed by atoms with Crippen molar-refractivity contribution in [2.75, 3.05) is 13.1 Å². The van der Waals surface area contributed by atoms with Crippen LogP contribution in [0.5, 0.6) is 0 Å². The smallest absolute Gasteiger partial charge is 0.411 e. The van der Waals surface area contributed by atoms with E-state index in [-0.39, 0.29) is 18.6 Å². The lowest BCUT2D eigenvalue weighted by Gasteiger charge is -2.38. The molecule has 0 aliphatic carbocycles. The summed E-state index contributed by atoms with van der Waals surface area (Å²) in [5, 5.41) is 21.2. The molecule has 2 aliphatic rings. The summed E-state index contributed by atoms with van der Waals surface area (Å²) < 4.78 is 5.33. The second-order valence-corrected chi connectivity index (χ2v) is 11.6. The molecule has 0 spiro atoms. The van der Waals surface area contributed by atoms with Crippen molar-refractivity contribution in [3.63, 3.8) is 0 Å². The molecule has 0 saturated carbocycles. The largest absolute Gasteiger partial charge is 0.480 e. The predicted molar refractivity (Wildman–Crippen MR) is 159 cm³/mol. The maximum absolute atomic E-state index is 12.3. The molecule has 2 heterocycles. The number of piperidine rings is 2. The fraction of sp³-hybridized carbons (Fsp3) is 0.516. The van der Waals surface area contributed by atoms with Gasteiger partial charge in [-0.1, -0.05) is 60.7 Å². The van der Waals surface area contributed by atoms with Crippen molar-refractivity contribution in [1.82, 2.24) is 21.2 Å². The first kappa shape index (κ1) is 33.9. The van der Waals surface area contributed by atoms with Crippen LogP contribution in [0.1, 0.15) is 57.6 Å². The Bertz CT molecular complexity index is 1140. The molecule has 4 atom stereocenters. The van der Waals surface area contributed by atoms with Gasteiger partial charge in [-0.25, -0.2) is 9.59 Å². The molecule has 2 aliphatic heterocycles. The van der Waals surface area contributed by atoms with Crippen molar-refractivity contribution in [2.24, 2.45) is 0 Å². The van der Waals surface area contributed by atoms with Crippen LogP contribution in [0.2, 0.25) is 0 Å². The molecule has 43 heavy (non-hydrogen) atoms. The van der Waals surface area contributed by atoms with Gasteiger partial charge in [-0.3, -0.25) is 19.4 Å². The van der Waals surface area contributed by atoms with Crippen LogP contribution in [0.3, 0.4) is 0 Å². The van der Waals surface area contributed by atoms with E-state index in [4.69, 9.17) is 19.5 Å². The number of nitrogens with zero attached hydrogens (tertiary/aromatic N) is 1. The van der Waals surface area contributed by atoms with Crippen molar-refractivity contribution < 1.29 is 39.0 Å². The minimum Gasteiger partial charge on any atom is -0.480 e. The van der Waals surface area contributed by atoms with E-state index >= 15 is 0 Å². The molecule has 0 unspecified atom stereocenters. The van der Waals surface area contributed by atoms with Gasteiger partial charge in [-0.15, -0.1) is 0 Å². The Kier molecular flexibility index (Phi) is 13.4. The molecule has 12 nitrogen and oxygen atoms in total. The highest BCUT2D eigenvalue weighted by atomic mass is 16.6. The maximum Gasteiger partial charge on any atom is 0.411 e. The average Bonchev–Trinajstić information content (AvgIpc) is 2.98. The Morgan fingerprint density at radius 2 is 1.35 bits per heavy atom. The van der Waals surface area contributed by atoms with Gasteiger partial charge in [-0.05, 0) is 57.6 Å². The fourth-order valence-electron chi connectivity index (χ4n) is 4.65. The lowest BCUT2D eigenvalue weighted by Crippen LogP contribution is -2.56. The number of aliphatic carboxylic acids is 2. The lowest BCUT2D eigenvalue weighted by molar-refractivity contribution is -0.145. The number of amides is 1. The first-order chi connectivity index (χ1) is 20.5. The molecule has 1 amide bonds. The van der Waals surface area contributed by atoms with E-state index < -0.39 is 35.7 Å². The molecule has 0 aromatic heterocycles. The summed E-state index contributed by atoms with van der Waals surface area (Å²) in [4.78, 5) is 46.7. The van der Waals surface area contributed by atoms with Crippen LogP contribution < -0.4 is 16.3 Å². The Hall–Kier alpha value is -3.55. The first-order valence-electron chi connectivity index (χ1n) is 14.5. The molecule has 5 N–H and O–H groups in total. The molecule has 0 bridgehead atoms. The topological polar surface area (TPSA) is 159 Å². The molecule has 2 aromatic rings. The molecular formula is C31H44N4O8. The molecule has 2 saturated heterocycles. The number of likely N-dealkylation sites (tertiary alicyclic amines) is 1. The van der Waals surface area contributed by atoms with Gasteiger partial charge >= 0.3 is 18.0 Å². The third-order valence-electron chi connectivity index (χ3n) is 6.87. The number of carboxylic acids is 2. The monoisotopic (exact) mass is 600 g/mol. The number of nitrogens with one attached hydrogen (secondary N) is 3. The van der Waals surface area contributed by atoms with E-state index in [1.54, 1.807) is 20.8 Å².